The van der Waals surface area contributed by atoms with Crippen molar-refractivity contribution >= 4 is 21.7 Å². The first-order valence-electron chi connectivity index (χ1n) is 17.1. The van der Waals surface area contributed by atoms with E-state index in [-0.39, 0.29) is 54.8 Å². The van der Waals surface area contributed by atoms with Crippen molar-refractivity contribution < 1.29 is 76.5 Å². The molecule has 21 heteroatoms. The number of aromatic hydroxyl groups is 1. The van der Waals surface area contributed by atoms with E-state index in [1.54, 1.807) is 6.07 Å². The van der Waals surface area contributed by atoms with Crippen molar-refractivity contribution in [3.05, 3.63) is 143 Å². The number of phenols is 1. The molecular formula is C41H41ClF8N2O9S. The number of halogens is 9. The monoisotopic (exact) mass is 924 g/mol. The Labute approximate surface area is 358 Å². The van der Waals surface area contributed by atoms with Crippen LogP contribution in [0.5, 0.6) is 23.0 Å². The Morgan fingerprint density at radius 2 is 1.13 bits per heavy atom. The van der Waals surface area contributed by atoms with Gasteiger partial charge in [0, 0.05) is 44.3 Å². The lowest BCUT2D eigenvalue weighted by Crippen LogP contribution is -2.14. The van der Waals surface area contributed by atoms with Crippen molar-refractivity contribution in [3.8, 4) is 35.1 Å². The van der Waals surface area contributed by atoms with Crippen molar-refractivity contribution in [2.75, 3.05) is 34.1 Å². The Morgan fingerprint density at radius 1 is 0.694 bits per heavy atom. The topological polar surface area (TPSA) is 157 Å². The molecule has 4 aromatic carbocycles. The molecule has 0 spiro atoms. The minimum absolute atomic E-state index is 0.0595. The van der Waals surface area contributed by atoms with E-state index < -0.39 is 79.6 Å². The zero-order chi connectivity index (χ0) is 47.6. The molecule has 0 radical (unpaired) electrons. The van der Waals surface area contributed by atoms with E-state index in [1.807, 2.05) is 6.07 Å². The van der Waals surface area contributed by atoms with Gasteiger partial charge in [0.2, 0.25) is 0 Å². The number of methoxy groups -OCH3 is 2. The van der Waals surface area contributed by atoms with Crippen LogP contribution in [0.3, 0.4) is 0 Å². The Hall–Kier alpha value is -5.90. The molecule has 11 nitrogen and oxygen atoms in total. The van der Waals surface area contributed by atoms with Crippen LogP contribution in [0.2, 0.25) is 5.02 Å². The highest BCUT2D eigenvalue weighted by Gasteiger charge is 2.16. The normalized spacial score (nSPS) is 11.0. The number of nitrogens with zero attached hydrogens (tertiary/aromatic N) is 2. The number of benzene rings is 4. The van der Waals surface area contributed by atoms with E-state index in [1.165, 1.54) is 40.2 Å². The van der Waals surface area contributed by atoms with Gasteiger partial charge in [0.25, 0.3) is 10.1 Å². The van der Waals surface area contributed by atoms with Crippen LogP contribution in [-0.2, 0) is 23.8 Å². The number of ether oxygens (including phenoxy) is 5. The largest absolute Gasteiger partial charge is 0.504 e. The molecule has 0 aliphatic heterocycles. The SMILES string of the molecule is C=CCC(C#N)OS(C)(=O)=O.C=CCC(C#N)Oc1c(F)ccc(F)c1C.COCOc1c(F)ccc(F)c1C.COCOc1cc(F)ccc1F.Oc1c(F)ccc(F)c1Cl. The average molecular weight is 925 g/mol. The molecular weight excluding hydrogens is 884 g/mol. The number of hydrogen-bond donors (Lipinski definition) is 1. The maximum atomic E-state index is 13.3. The smallest absolute Gasteiger partial charge is 0.265 e. The molecule has 0 saturated carbocycles. The fourth-order valence-electron chi connectivity index (χ4n) is 3.83. The fraction of sp³-hybridized carbons (Fsp3) is 0.268. The first-order chi connectivity index (χ1) is 29.1. The molecule has 62 heavy (non-hydrogen) atoms. The Balaban J connectivity index is 0.000000757. The summed E-state index contributed by atoms with van der Waals surface area (Å²) in [4.78, 5) is 0. The van der Waals surface area contributed by atoms with E-state index in [4.69, 9.17) is 41.4 Å². The number of phenolic OH excluding ortho intramolecular Hbond substituents is 1. The van der Waals surface area contributed by atoms with Crippen LogP contribution in [-0.4, -0.2) is 59.8 Å². The van der Waals surface area contributed by atoms with Gasteiger partial charge in [-0.05, 0) is 62.4 Å². The van der Waals surface area contributed by atoms with E-state index >= 15 is 0 Å². The van der Waals surface area contributed by atoms with Crippen LogP contribution in [0.15, 0.2) is 79.9 Å². The first kappa shape index (κ1) is 56.1. The number of nitriles is 2. The molecule has 0 amide bonds. The van der Waals surface area contributed by atoms with Gasteiger partial charge in [-0.3, -0.25) is 4.18 Å². The minimum atomic E-state index is -3.53. The summed E-state index contributed by atoms with van der Waals surface area (Å²) in [6.45, 7) is 9.46. The molecule has 1 N–H and O–H groups in total. The molecule has 0 aliphatic rings. The molecule has 0 bridgehead atoms. The Kier molecular flexibility index (Phi) is 26.6. The van der Waals surface area contributed by atoms with Gasteiger partial charge >= 0.3 is 0 Å². The van der Waals surface area contributed by atoms with Crippen LogP contribution in [0, 0.1) is 83.0 Å². The standard InChI is InChI=1S/C12H11F2NO.C9H10F2O2.C8H8F2O2.C6H3ClF2O.C6H9NO3S/c1-3-4-9(7-15)16-12-8(2)10(13)5-6-11(12)14;1-6-7(10)3-4-8(11)9(6)13-5-12-2;1-11-5-12-8-4-6(9)2-3-7(8)10;7-5-3(8)1-2-4(9)6(5)10;1-3-4-6(5-7)10-11(2,8)9/h3,5-6,9H,1,4H2,2H3;3-4H,5H2,1-2H3;2-4H,5H2,1H3;1-2,10H;3,6H,1,4H2,2H3. The molecule has 0 aliphatic carbocycles. The molecule has 0 aromatic heterocycles. The van der Waals surface area contributed by atoms with Gasteiger partial charge < -0.3 is 28.8 Å². The fourth-order valence-corrected chi connectivity index (χ4v) is 4.53. The lowest BCUT2D eigenvalue weighted by Gasteiger charge is -2.13. The summed E-state index contributed by atoms with van der Waals surface area (Å²) < 4.78 is 151. The molecule has 2 atom stereocenters. The third-order valence-corrected chi connectivity index (χ3v) is 7.69. The van der Waals surface area contributed by atoms with Crippen molar-refractivity contribution in [1.82, 2.24) is 0 Å². The molecule has 0 fully saturated rings. The van der Waals surface area contributed by atoms with Crippen LogP contribution < -0.4 is 14.2 Å². The highest BCUT2D eigenvalue weighted by Crippen LogP contribution is 2.29. The molecule has 338 valence electrons. The van der Waals surface area contributed by atoms with Gasteiger partial charge in [-0.15, -0.1) is 13.2 Å². The molecule has 0 heterocycles. The van der Waals surface area contributed by atoms with Crippen LogP contribution in [0.1, 0.15) is 24.0 Å². The maximum Gasteiger partial charge on any atom is 0.265 e. The van der Waals surface area contributed by atoms with Crippen molar-refractivity contribution in [1.29, 1.82) is 10.5 Å². The summed E-state index contributed by atoms with van der Waals surface area (Å²) in [7, 11) is -0.719. The second kappa shape index (κ2) is 29.4. The quantitative estimate of drug-likeness (QED) is 0.0422. The molecule has 4 rings (SSSR count). The number of hydrogen-bond acceptors (Lipinski definition) is 11. The summed E-state index contributed by atoms with van der Waals surface area (Å²) in [6, 6.07) is 12.2. The third-order valence-electron chi connectivity index (χ3n) is 6.75. The molecule has 2 unspecified atom stereocenters. The van der Waals surface area contributed by atoms with E-state index in [2.05, 4.69) is 26.8 Å². The predicted molar refractivity (Wildman–Crippen MR) is 212 cm³/mol. The van der Waals surface area contributed by atoms with Crippen LogP contribution >= 0.6 is 11.6 Å². The van der Waals surface area contributed by atoms with Gasteiger partial charge in [0.1, 0.15) is 34.4 Å². The second-order valence-corrected chi connectivity index (χ2v) is 13.5. The van der Waals surface area contributed by atoms with Gasteiger partial charge in [-0.25, -0.2) is 35.1 Å². The van der Waals surface area contributed by atoms with E-state index in [0.29, 0.717) is 0 Å². The summed E-state index contributed by atoms with van der Waals surface area (Å²) in [5.74, 6) is -6.52. The zero-order valence-electron chi connectivity index (χ0n) is 33.7. The van der Waals surface area contributed by atoms with Crippen LogP contribution in [0.25, 0.3) is 0 Å². The van der Waals surface area contributed by atoms with Gasteiger partial charge in [-0.2, -0.15) is 18.9 Å². The highest BCUT2D eigenvalue weighted by molar-refractivity contribution is 7.86. The lowest BCUT2D eigenvalue weighted by molar-refractivity contribution is 0.0474. The number of rotatable bonds is 14. The molecule has 4 aromatic rings. The Morgan fingerprint density at radius 3 is 1.61 bits per heavy atom. The van der Waals surface area contributed by atoms with Crippen molar-refractivity contribution in [3.63, 3.8) is 0 Å². The maximum absolute atomic E-state index is 13.3. The van der Waals surface area contributed by atoms with Crippen molar-refractivity contribution in [2.45, 2.75) is 38.9 Å². The second-order valence-electron chi connectivity index (χ2n) is 11.5. The van der Waals surface area contributed by atoms with Crippen LogP contribution in [0.4, 0.5) is 35.1 Å². The van der Waals surface area contributed by atoms with Crippen molar-refractivity contribution in [2.24, 2.45) is 0 Å². The average Bonchev–Trinajstić information content (AvgIpc) is 3.23. The predicted octanol–water partition coefficient (Wildman–Crippen LogP) is 10.1. The summed E-state index contributed by atoms with van der Waals surface area (Å²) in [5, 5.41) is 25.1. The summed E-state index contributed by atoms with van der Waals surface area (Å²) >= 11 is 5.12. The first-order valence-corrected chi connectivity index (χ1v) is 19.3. The lowest BCUT2D eigenvalue weighted by atomic mass is 10.2. The van der Waals surface area contributed by atoms with E-state index in [0.717, 1.165) is 60.9 Å². The Bertz CT molecular complexity index is 2230. The minimum Gasteiger partial charge on any atom is -0.504 e. The summed E-state index contributed by atoms with van der Waals surface area (Å²) in [5.41, 5.74) is 0.210. The zero-order valence-corrected chi connectivity index (χ0v) is 35.2. The van der Waals surface area contributed by atoms with Gasteiger partial charge in [0.05, 0.1) is 12.3 Å². The third kappa shape index (κ3) is 21.1. The molecule has 0 saturated heterocycles. The summed E-state index contributed by atoms with van der Waals surface area (Å²) in [6.07, 6.45) is 2.49. The van der Waals surface area contributed by atoms with Gasteiger partial charge in [0.15, 0.2) is 72.1 Å². The highest BCUT2D eigenvalue weighted by atomic mass is 35.5. The van der Waals surface area contributed by atoms with E-state index in [9.17, 15) is 43.5 Å². The van der Waals surface area contributed by atoms with Gasteiger partial charge in [-0.1, -0.05) is 23.8 Å².